The molecule has 2 amide bonds. The highest BCUT2D eigenvalue weighted by Gasteiger charge is 2.36. The first-order valence-electron chi connectivity index (χ1n) is 16.1. The highest BCUT2D eigenvalue weighted by molar-refractivity contribution is 7.23. The van der Waals surface area contributed by atoms with Crippen molar-refractivity contribution in [3.8, 4) is 17.0 Å². The Hall–Kier alpha value is -3.84. The molecule has 252 valence electrons. The Balaban J connectivity index is 1.19. The lowest BCUT2D eigenvalue weighted by Crippen LogP contribution is -2.36. The second-order valence-electron chi connectivity index (χ2n) is 13.2. The highest BCUT2D eigenvalue weighted by Crippen LogP contribution is 2.39. The zero-order chi connectivity index (χ0) is 33.5. The number of ether oxygens (including phenoxy) is 2. The number of alkyl halides is 1. The van der Waals surface area contributed by atoms with Crippen molar-refractivity contribution < 1.29 is 32.2 Å². The van der Waals surface area contributed by atoms with Crippen LogP contribution in [0.2, 0.25) is 0 Å². The topological polar surface area (TPSA) is 88.4 Å². The van der Waals surface area contributed by atoms with E-state index in [1.807, 2.05) is 0 Å². The molecule has 4 heterocycles. The molecule has 2 fully saturated rings. The molecule has 2 aromatic carbocycles. The number of nitrogens with zero attached hydrogens (tertiary/aromatic N) is 4. The molecule has 1 N–H and O–H groups in total. The first-order chi connectivity index (χ1) is 22.4. The number of aromatic nitrogens is 2. The van der Waals surface area contributed by atoms with Crippen LogP contribution in [0.25, 0.3) is 26.4 Å². The van der Waals surface area contributed by atoms with Gasteiger partial charge in [-0.25, -0.2) is 22.9 Å². The van der Waals surface area contributed by atoms with Gasteiger partial charge in [0.15, 0.2) is 16.6 Å². The van der Waals surface area contributed by atoms with Gasteiger partial charge in [0, 0.05) is 49.6 Å². The molecule has 2 saturated heterocycles. The van der Waals surface area contributed by atoms with Gasteiger partial charge in [-0.3, -0.25) is 9.20 Å². The second-order valence-corrected chi connectivity index (χ2v) is 14.2. The molecule has 0 radical (unpaired) electrons. The molecule has 0 bridgehead atoms. The van der Waals surface area contributed by atoms with Gasteiger partial charge in [-0.1, -0.05) is 17.4 Å². The summed E-state index contributed by atoms with van der Waals surface area (Å²) < 4.78 is 58.2. The minimum Gasteiger partial charge on any atom is -0.496 e. The van der Waals surface area contributed by atoms with E-state index in [0.717, 1.165) is 30.8 Å². The second kappa shape index (κ2) is 13.3. The number of piperidine rings is 1. The third-order valence-electron chi connectivity index (χ3n) is 8.74. The smallest absolute Gasteiger partial charge is 0.410 e. The molecule has 2 aliphatic heterocycles. The van der Waals surface area contributed by atoms with Crippen LogP contribution in [-0.2, 0) is 4.74 Å². The Bertz CT molecular complexity index is 1790. The van der Waals surface area contributed by atoms with Crippen molar-refractivity contribution in [2.75, 3.05) is 39.8 Å². The van der Waals surface area contributed by atoms with E-state index in [1.165, 1.54) is 35.5 Å². The lowest BCUT2D eigenvalue weighted by molar-refractivity contribution is 0.0221. The number of thiazole rings is 1. The lowest BCUT2D eigenvalue weighted by Gasteiger charge is -2.29. The van der Waals surface area contributed by atoms with E-state index in [4.69, 9.17) is 9.47 Å². The van der Waals surface area contributed by atoms with Crippen LogP contribution >= 0.6 is 11.3 Å². The van der Waals surface area contributed by atoms with E-state index < -0.39 is 35.5 Å². The third kappa shape index (κ3) is 6.92. The highest BCUT2D eigenvalue weighted by atomic mass is 32.1. The summed E-state index contributed by atoms with van der Waals surface area (Å²) in [5.41, 5.74) is 0.772. The van der Waals surface area contributed by atoms with Crippen molar-refractivity contribution >= 4 is 38.5 Å². The maximum atomic E-state index is 15.6. The van der Waals surface area contributed by atoms with Crippen LogP contribution in [0.3, 0.4) is 0 Å². The van der Waals surface area contributed by atoms with E-state index >= 15 is 8.78 Å². The van der Waals surface area contributed by atoms with Crippen molar-refractivity contribution in [1.82, 2.24) is 24.5 Å². The number of hydrogen-bond acceptors (Lipinski definition) is 7. The van der Waals surface area contributed by atoms with Gasteiger partial charge < -0.3 is 24.6 Å². The quantitative estimate of drug-likeness (QED) is 0.201. The maximum Gasteiger partial charge on any atom is 0.410 e. The van der Waals surface area contributed by atoms with Crippen LogP contribution in [0.4, 0.5) is 18.0 Å². The zero-order valence-corrected chi connectivity index (χ0v) is 27.9. The lowest BCUT2D eigenvalue weighted by atomic mass is 10.0. The molecule has 0 spiro atoms. The number of carbonyl (C=O) groups excluding carboxylic acids is 2. The predicted molar refractivity (Wildman–Crippen MR) is 175 cm³/mol. The average molecular weight is 672 g/mol. The molecule has 47 heavy (non-hydrogen) atoms. The van der Waals surface area contributed by atoms with Crippen LogP contribution < -0.4 is 10.1 Å². The number of carbonyl (C=O) groups is 2. The molecule has 1 unspecified atom stereocenters. The Morgan fingerprint density at radius 1 is 1.09 bits per heavy atom. The Kier molecular flexibility index (Phi) is 9.39. The molecule has 2 aliphatic rings. The third-order valence-corrected chi connectivity index (χ3v) is 9.76. The number of nitrogens with one attached hydrogen (secondary N) is 1. The molecule has 2 aromatic heterocycles. The number of imidazole rings is 1. The van der Waals surface area contributed by atoms with Crippen LogP contribution in [0, 0.1) is 11.6 Å². The van der Waals surface area contributed by atoms with Crippen molar-refractivity contribution in [1.29, 1.82) is 0 Å². The fraction of sp³-hybridized carbons (Fsp3) is 0.500. The summed E-state index contributed by atoms with van der Waals surface area (Å²) in [7, 11) is 1.49. The van der Waals surface area contributed by atoms with E-state index in [1.54, 1.807) is 43.5 Å². The fourth-order valence-electron chi connectivity index (χ4n) is 6.38. The van der Waals surface area contributed by atoms with Gasteiger partial charge in [-0.15, -0.1) is 0 Å². The van der Waals surface area contributed by atoms with Crippen LogP contribution in [0.15, 0.2) is 30.5 Å². The van der Waals surface area contributed by atoms with Crippen LogP contribution in [0.1, 0.15) is 74.8 Å². The van der Waals surface area contributed by atoms with E-state index in [0.29, 0.717) is 60.6 Å². The van der Waals surface area contributed by atoms with E-state index in [2.05, 4.69) is 15.2 Å². The van der Waals surface area contributed by atoms with E-state index in [-0.39, 0.29) is 22.7 Å². The number of likely N-dealkylation sites (tertiary alicyclic amines) is 2. The number of hydrogen-bond donors (Lipinski definition) is 1. The average Bonchev–Trinajstić information content (AvgIpc) is 3.75. The molecule has 4 aromatic rings. The molecule has 1 atom stereocenters. The summed E-state index contributed by atoms with van der Waals surface area (Å²) in [6.07, 6.45) is 3.41. The fourth-order valence-corrected chi connectivity index (χ4v) is 7.40. The molecule has 0 saturated carbocycles. The van der Waals surface area contributed by atoms with Crippen molar-refractivity contribution in [2.45, 2.75) is 70.7 Å². The van der Waals surface area contributed by atoms with E-state index in [9.17, 15) is 14.0 Å². The molecule has 6 rings (SSSR count). The molecular formula is C34H40F3N5O4S. The Morgan fingerprint density at radius 3 is 2.57 bits per heavy atom. The molecular weight excluding hydrogens is 631 g/mol. The van der Waals surface area contributed by atoms with Crippen molar-refractivity contribution in [3.63, 3.8) is 0 Å². The Morgan fingerprint density at radius 2 is 1.85 bits per heavy atom. The normalized spacial score (nSPS) is 17.9. The predicted octanol–water partition coefficient (Wildman–Crippen LogP) is 7.13. The molecule has 0 aliphatic carbocycles. The van der Waals surface area contributed by atoms with Crippen LogP contribution in [0.5, 0.6) is 5.75 Å². The largest absolute Gasteiger partial charge is 0.496 e. The summed E-state index contributed by atoms with van der Waals surface area (Å²) in [5, 5.41) is 2.96. The van der Waals surface area contributed by atoms with Gasteiger partial charge in [0.25, 0.3) is 5.91 Å². The maximum absolute atomic E-state index is 15.6. The van der Waals surface area contributed by atoms with Crippen molar-refractivity contribution in [3.05, 3.63) is 53.2 Å². The van der Waals surface area contributed by atoms with Gasteiger partial charge in [0.2, 0.25) is 0 Å². The summed E-state index contributed by atoms with van der Waals surface area (Å²) >= 11 is 1.32. The van der Waals surface area contributed by atoms with Crippen molar-refractivity contribution in [2.24, 2.45) is 0 Å². The molecule has 13 heteroatoms. The first kappa shape index (κ1) is 33.1. The van der Waals surface area contributed by atoms with Gasteiger partial charge >= 0.3 is 6.09 Å². The number of fused-ring (bicyclic) bond motifs is 3. The van der Waals surface area contributed by atoms with Gasteiger partial charge in [0.1, 0.15) is 17.5 Å². The number of halogens is 3. The SMILES string of the molecule is COc1cc2c(cc1C(=O)NCCCN1CCC(F)CC1)sc1nc(-c3ccc(C4CCCN4C(=O)OC(C)(C)C)c(F)c3F)cn12. The minimum atomic E-state index is -1.03. The molecule has 9 nitrogen and oxygen atoms in total. The van der Waals surface area contributed by atoms with Gasteiger partial charge in [0.05, 0.1) is 34.6 Å². The van der Waals surface area contributed by atoms with Crippen LogP contribution in [-0.4, -0.2) is 82.8 Å². The number of benzene rings is 2. The minimum absolute atomic E-state index is 0.00847. The summed E-state index contributed by atoms with van der Waals surface area (Å²) in [6, 6.07) is 5.89. The monoisotopic (exact) mass is 671 g/mol. The summed E-state index contributed by atoms with van der Waals surface area (Å²) in [5.74, 6) is -1.92. The van der Waals surface area contributed by atoms with Gasteiger partial charge in [-0.2, -0.15) is 0 Å². The zero-order valence-electron chi connectivity index (χ0n) is 27.1. The van der Waals surface area contributed by atoms with Gasteiger partial charge in [-0.05, 0) is 71.6 Å². The first-order valence-corrected chi connectivity index (χ1v) is 16.9. The number of methoxy groups -OCH3 is 1. The Labute approximate surface area is 275 Å². The summed E-state index contributed by atoms with van der Waals surface area (Å²) in [4.78, 5) is 34.7. The number of amides is 2. The standard InChI is InChI=1S/C34H40F3N5O4S/c1-34(2,3)46-33(44)41-14-5-7-25(41)22-9-8-21(29(36)30(22)37)24-19-42-26-18-27(45-4)23(17-28(26)47-32(42)39-24)31(43)38-12-6-13-40-15-10-20(35)11-16-40/h8-9,17-20,25H,5-7,10-16H2,1-4H3,(H,38,43). The number of rotatable bonds is 8. The summed E-state index contributed by atoms with van der Waals surface area (Å²) in [6.45, 7) is 8.45.